The lowest BCUT2D eigenvalue weighted by atomic mass is 9.76. The Morgan fingerprint density at radius 3 is 0.873 bits per heavy atom. The lowest BCUT2D eigenvalue weighted by molar-refractivity contribution is 0.435. The predicted molar refractivity (Wildman–Crippen MR) is 471 cm³/mol. The van der Waals surface area contributed by atoms with Crippen molar-refractivity contribution in [2.75, 3.05) is 9.80 Å². The van der Waals surface area contributed by atoms with Crippen LogP contribution in [-0.2, 0) is 10.8 Å². The molecule has 15 aromatic rings. The average Bonchev–Trinajstić information content (AvgIpc) is 0.934. The molecule has 19 rings (SSSR count). The van der Waals surface area contributed by atoms with Crippen molar-refractivity contribution in [1.82, 2.24) is 9.13 Å². The summed E-state index contributed by atoms with van der Waals surface area (Å²) >= 11 is 0. The van der Waals surface area contributed by atoms with Gasteiger partial charge in [0.25, 0.3) is 0 Å². The molecular weight excluding hydrogens is 1330 g/mol. The van der Waals surface area contributed by atoms with Crippen LogP contribution in [0.3, 0.4) is 0 Å². The van der Waals surface area contributed by atoms with Crippen molar-refractivity contribution in [3.63, 3.8) is 0 Å². The van der Waals surface area contributed by atoms with Crippen molar-refractivity contribution in [2.45, 2.75) is 204 Å². The molecule has 0 radical (unpaired) electrons. The highest BCUT2D eigenvalue weighted by molar-refractivity contribution is 6.24. The van der Waals surface area contributed by atoms with Gasteiger partial charge in [0, 0.05) is 67.0 Å². The number of fused-ring (bicyclic) bond motifs is 8. The maximum atomic E-state index is 2.69. The zero-order valence-electron chi connectivity index (χ0n) is 65.6. The fourth-order valence-corrected chi connectivity index (χ4v) is 20.8. The molecule has 0 aliphatic heterocycles. The second-order valence-electron chi connectivity index (χ2n) is 35.3. The van der Waals surface area contributed by atoms with Crippen LogP contribution in [0.4, 0.5) is 34.1 Å². The zero-order chi connectivity index (χ0) is 74.2. The van der Waals surface area contributed by atoms with Gasteiger partial charge in [-0.25, -0.2) is 0 Å². The first-order valence-electron chi connectivity index (χ1n) is 42.2. The average molecular weight is 1440 g/mol. The van der Waals surface area contributed by atoms with E-state index >= 15 is 0 Å². The molecule has 13 aromatic carbocycles. The molecule has 4 nitrogen and oxygen atoms in total. The number of nitrogens with zero attached hydrogens (tertiary/aromatic N) is 4. The van der Waals surface area contributed by atoms with E-state index in [1.807, 2.05) is 0 Å². The Bertz CT molecular complexity index is 5490. The molecule has 4 saturated carbocycles. The number of anilines is 6. The zero-order valence-corrected chi connectivity index (χ0v) is 65.6. The summed E-state index contributed by atoms with van der Waals surface area (Å²) in [5, 5.41) is 10.1. The van der Waals surface area contributed by atoms with Crippen LogP contribution in [-0.4, -0.2) is 9.13 Å². The van der Waals surface area contributed by atoms with E-state index in [1.54, 1.807) is 0 Å². The fourth-order valence-electron chi connectivity index (χ4n) is 20.8. The molecule has 2 heterocycles. The van der Waals surface area contributed by atoms with Crippen LogP contribution in [0.5, 0.6) is 0 Å². The van der Waals surface area contributed by atoms with E-state index in [1.165, 1.54) is 295 Å². The van der Waals surface area contributed by atoms with Crippen molar-refractivity contribution >= 4 is 99.3 Å². The second-order valence-corrected chi connectivity index (χ2v) is 35.3. The summed E-state index contributed by atoms with van der Waals surface area (Å²) in [6.45, 7) is 14.5. The highest BCUT2D eigenvalue weighted by atomic mass is 15.2. The molecule has 2 aromatic heterocycles. The predicted octanol–water partition coefficient (Wildman–Crippen LogP) is 31.2. The van der Waals surface area contributed by atoms with Crippen LogP contribution in [0.2, 0.25) is 0 Å². The lowest BCUT2D eigenvalue weighted by Gasteiger charge is -2.32. The standard InChI is InChI=1S/C106H106N4/c1-105(2,3)97-49-29-25-47-91(97)103-89-57-53-82(108(86-65-77(73-37-17-9-18-38-73)62-78(66-86)74-39-19-10-20-40-74)84-56-60-102-94(68-84)88-46-28-32-52-100(88)110(102)80-43-23-12-24-44-80)70-96(89)104(92-48-26-30-50-98(92)106(4,5)6)90-58-54-81(69-95(90)103)107(85-63-75(71-33-13-7-14-34-71)61-76(64-85)72-35-15-8-16-36-72)83-55-59-101-93(67-83)87-45-27-31-51-99(87)109(101)79-41-21-11-22-42-79/h11-12,21-32,41-74H,7-10,13-20,33-40H2,1-6H3. The summed E-state index contributed by atoms with van der Waals surface area (Å²) in [5.41, 5.74) is 28.0. The Morgan fingerprint density at radius 2 is 0.527 bits per heavy atom. The normalized spacial score (nSPS) is 16.1. The van der Waals surface area contributed by atoms with Gasteiger partial charge in [-0.3, -0.25) is 0 Å². The first-order chi connectivity index (χ1) is 53.8. The minimum atomic E-state index is -0.182. The minimum Gasteiger partial charge on any atom is -0.310 e. The molecule has 550 valence electrons. The second kappa shape index (κ2) is 29.1. The maximum absolute atomic E-state index is 2.69. The molecule has 4 heteroatoms. The van der Waals surface area contributed by atoms with E-state index < -0.39 is 0 Å². The van der Waals surface area contributed by atoms with Crippen LogP contribution < -0.4 is 9.80 Å². The molecule has 0 saturated heterocycles. The molecule has 0 bridgehead atoms. The number of aromatic nitrogens is 2. The van der Waals surface area contributed by atoms with E-state index in [-0.39, 0.29) is 10.8 Å². The van der Waals surface area contributed by atoms with Gasteiger partial charge in [0.15, 0.2) is 0 Å². The molecule has 4 aliphatic carbocycles. The molecule has 4 fully saturated rings. The van der Waals surface area contributed by atoms with Crippen molar-refractivity contribution in [1.29, 1.82) is 0 Å². The third-order valence-electron chi connectivity index (χ3n) is 26.2. The summed E-state index contributed by atoms with van der Waals surface area (Å²) in [5.74, 6) is 2.16. The first-order valence-corrected chi connectivity index (χ1v) is 42.2. The summed E-state index contributed by atoms with van der Waals surface area (Å²) in [6, 6.07) is 105. The van der Waals surface area contributed by atoms with Gasteiger partial charge < -0.3 is 18.9 Å². The monoisotopic (exact) mass is 1430 g/mol. The molecule has 110 heavy (non-hydrogen) atoms. The number of benzene rings is 13. The van der Waals surface area contributed by atoms with Gasteiger partial charge in [0.05, 0.1) is 22.1 Å². The van der Waals surface area contributed by atoms with Gasteiger partial charge in [0.1, 0.15) is 0 Å². The SMILES string of the molecule is CC(C)(C)c1ccccc1-c1c2ccc(N(c3cc(C4CCCCC4)cc(C4CCCCC4)c3)c3ccc4c(c3)c3ccccc3n4-c3ccccc3)cc2c(-c2ccccc2C(C)(C)C)c2ccc(N(c3cc(C4CCCCC4)cc(C4CCCCC4)c3)c3ccc4c(c3)c3ccccc3n4-c3ccccc3)cc12. The Morgan fingerprint density at radius 1 is 0.236 bits per heavy atom. The van der Waals surface area contributed by atoms with Crippen LogP contribution in [0, 0.1) is 0 Å². The van der Waals surface area contributed by atoms with Gasteiger partial charge in [-0.05, 0) is 284 Å². The fraction of sp³-hybridized carbons (Fsp3) is 0.302. The molecule has 0 N–H and O–H groups in total. The minimum absolute atomic E-state index is 0.182. The highest BCUT2D eigenvalue weighted by Gasteiger charge is 2.32. The van der Waals surface area contributed by atoms with Gasteiger partial charge in [-0.2, -0.15) is 0 Å². The van der Waals surface area contributed by atoms with Crippen LogP contribution >= 0.6 is 0 Å². The summed E-state index contributed by atoms with van der Waals surface area (Å²) < 4.78 is 4.94. The van der Waals surface area contributed by atoms with Gasteiger partial charge in [-0.15, -0.1) is 0 Å². The highest BCUT2D eigenvalue weighted by Crippen LogP contribution is 2.54. The summed E-state index contributed by atoms with van der Waals surface area (Å²) in [4.78, 5) is 5.38. The quantitative estimate of drug-likeness (QED) is 0.101. The molecule has 4 aliphatic rings. The van der Waals surface area contributed by atoms with Crippen molar-refractivity contribution in [3.8, 4) is 33.6 Å². The molecule has 0 unspecified atom stereocenters. The van der Waals surface area contributed by atoms with E-state index in [9.17, 15) is 0 Å². The van der Waals surface area contributed by atoms with Crippen LogP contribution in [0.1, 0.15) is 227 Å². The van der Waals surface area contributed by atoms with Gasteiger partial charge in [-0.1, -0.05) is 264 Å². The third-order valence-corrected chi connectivity index (χ3v) is 26.2. The van der Waals surface area contributed by atoms with E-state index in [0.717, 1.165) is 0 Å². The number of hydrogen-bond donors (Lipinski definition) is 0. The largest absolute Gasteiger partial charge is 0.310 e. The Kier molecular flexibility index (Phi) is 18.5. The molecular formula is C106H106N4. The Hall–Kier alpha value is -10.4. The van der Waals surface area contributed by atoms with Crippen molar-refractivity contribution < 1.29 is 0 Å². The summed E-state index contributed by atoms with van der Waals surface area (Å²) in [6.07, 6.45) is 25.7. The van der Waals surface area contributed by atoms with E-state index in [4.69, 9.17) is 0 Å². The van der Waals surface area contributed by atoms with Crippen molar-refractivity contribution in [2.24, 2.45) is 0 Å². The third kappa shape index (κ3) is 12.9. The Labute approximate surface area is 652 Å². The first kappa shape index (κ1) is 70.0. The number of para-hydroxylation sites is 4. The van der Waals surface area contributed by atoms with Crippen LogP contribution in [0.25, 0.3) is 98.8 Å². The smallest absolute Gasteiger partial charge is 0.0542 e. The van der Waals surface area contributed by atoms with Crippen LogP contribution in [0.15, 0.2) is 267 Å². The van der Waals surface area contributed by atoms with E-state index in [2.05, 4.69) is 327 Å². The topological polar surface area (TPSA) is 16.3 Å². The van der Waals surface area contributed by atoms with Crippen molar-refractivity contribution in [3.05, 3.63) is 300 Å². The lowest BCUT2D eigenvalue weighted by Crippen LogP contribution is -2.15. The maximum Gasteiger partial charge on any atom is 0.0542 e. The van der Waals surface area contributed by atoms with Gasteiger partial charge in [0.2, 0.25) is 0 Å². The van der Waals surface area contributed by atoms with E-state index in [0.29, 0.717) is 23.7 Å². The molecule has 0 amide bonds. The van der Waals surface area contributed by atoms with Gasteiger partial charge >= 0.3 is 0 Å². The summed E-state index contributed by atoms with van der Waals surface area (Å²) in [7, 11) is 0. The molecule has 0 spiro atoms. The number of hydrogen-bond acceptors (Lipinski definition) is 2. The molecule has 0 atom stereocenters. The number of rotatable bonds is 14. The Balaban J connectivity index is 0.911.